The van der Waals surface area contributed by atoms with Crippen LogP contribution in [0.1, 0.15) is 15.9 Å². The van der Waals surface area contributed by atoms with Gasteiger partial charge in [-0.1, -0.05) is 60.7 Å². The largest absolute Gasteiger partial charge is 0.546 e. The molecule has 6 heteroatoms. The third-order valence-electron chi connectivity index (χ3n) is 5.64. The van der Waals surface area contributed by atoms with Gasteiger partial charge in [-0.25, -0.2) is 0 Å². The second kappa shape index (κ2) is 7.74. The summed E-state index contributed by atoms with van der Waals surface area (Å²) in [5.41, 5.74) is 8.80. The summed E-state index contributed by atoms with van der Waals surface area (Å²) < 4.78 is 7.87. The highest BCUT2D eigenvalue weighted by atomic mass is 16.5. The van der Waals surface area contributed by atoms with E-state index in [0.29, 0.717) is 28.6 Å². The molecule has 5 rings (SSSR count). The number of hydrogen-bond donors (Lipinski definition) is 1. The molecule has 0 spiro atoms. The number of carboxylic acid groups (broad SMARTS) is 1. The Morgan fingerprint density at radius 3 is 2.38 bits per heavy atom. The molecule has 0 radical (unpaired) electrons. The molecule has 4 aromatic carbocycles. The monoisotopic (exact) mass is 423 g/mol. The number of rotatable bonds is 6. The molecular weight excluding hydrogens is 404 g/mol. The molecule has 0 atom stereocenters. The van der Waals surface area contributed by atoms with Gasteiger partial charge in [0.05, 0.1) is 22.4 Å². The van der Waals surface area contributed by atoms with E-state index in [9.17, 15) is 14.7 Å². The smallest absolute Gasteiger partial charge is 0.249 e. The Morgan fingerprint density at radius 2 is 1.62 bits per heavy atom. The molecule has 0 aliphatic rings. The second-order valence-corrected chi connectivity index (χ2v) is 7.62. The van der Waals surface area contributed by atoms with Gasteiger partial charge in [-0.3, -0.25) is 4.79 Å². The van der Waals surface area contributed by atoms with Crippen LogP contribution in [0.5, 0.6) is 5.75 Å². The molecule has 6 nitrogen and oxygen atoms in total. The molecule has 1 aromatic heterocycles. The molecule has 2 N–H and O–H groups in total. The summed E-state index contributed by atoms with van der Waals surface area (Å²) in [6, 6.07) is 25.0. The number of nitrogens with zero attached hydrogens (tertiary/aromatic N) is 1. The van der Waals surface area contributed by atoms with E-state index < -0.39 is 18.5 Å². The zero-order valence-electron chi connectivity index (χ0n) is 17.1. The lowest BCUT2D eigenvalue weighted by molar-refractivity contribution is -0.307. The number of aromatic nitrogens is 1. The lowest BCUT2D eigenvalue weighted by Gasteiger charge is -2.13. The predicted molar refractivity (Wildman–Crippen MR) is 122 cm³/mol. The molecule has 0 saturated heterocycles. The molecular formula is C26H19N2O4-. The van der Waals surface area contributed by atoms with E-state index >= 15 is 0 Å². The van der Waals surface area contributed by atoms with Gasteiger partial charge >= 0.3 is 0 Å². The number of primary amides is 1. The Balaban J connectivity index is 1.94. The fourth-order valence-corrected chi connectivity index (χ4v) is 4.33. The van der Waals surface area contributed by atoms with Crippen LogP contribution in [0.25, 0.3) is 32.6 Å². The number of carboxylic acids is 1. The first-order valence-electron chi connectivity index (χ1n) is 10.2. The molecule has 32 heavy (non-hydrogen) atoms. The van der Waals surface area contributed by atoms with Crippen molar-refractivity contribution in [1.29, 1.82) is 0 Å². The number of nitrogens with two attached hydrogens (primary N) is 1. The molecule has 1 amide bonds. The Labute approximate surface area is 183 Å². The van der Waals surface area contributed by atoms with Crippen LogP contribution >= 0.6 is 0 Å². The Morgan fingerprint density at radius 1 is 0.875 bits per heavy atom. The molecule has 0 aliphatic carbocycles. The van der Waals surface area contributed by atoms with Crippen molar-refractivity contribution < 1.29 is 19.4 Å². The fraction of sp³-hybridized carbons (Fsp3) is 0.0769. The van der Waals surface area contributed by atoms with Crippen LogP contribution in [0.4, 0.5) is 0 Å². The molecule has 0 bridgehead atoms. The SMILES string of the molecule is NC(=O)c1cccc2c1c1c(OCC(=O)[O-])c3ccccc3cc1n2Cc1ccccc1. The maximum atomic E-state index is 12.3. The van der Waals surface area contributed by atoms with Gasteiger partial charge in [0, 0.05) is 22.9 Å². The molecule has 0 fully saturated rings. The van der Waals surface area contributed by atoms with Crippen LogP contribution in [0.15, 0.2) is 78.9 Å². The second-order valence-electron chi connectivity index (χ2n) is 7.62. The van der Waals surface area contributed by atoms with E-state index in [0.717, 1.165) is 27.4 Å². The van der Waals surface area contributed by atoms with Crippen LogP contribution < -0.4 is 15.6 Å². The average molecular weight is 423 g/mol. The van der Waals surface area contributed by atoms with Crippen molar-refractivity contribution in [3.63, 3.8) is 0 Å². The van der Waals surface area contributed by atoms with Gasteiger partial charge in [-0.2, -0.15) is 0 Å². The van der Waals surface area contributed by atoms with Gasteiger partial charge in [0.25, 0.3) is 0 Å². The maximum Gasteiger partial charge on any atom is 0.249 e. The number of ether oxygens (including phenoxy) is 1. The predicted octanol–water partition coefficient (Wildman–Crippen LogP) is 3.22. The van der Waals surface area contributed by atoms with Crippen LogP contribution in [0, 0.1) is 0 Å². The van der Waals surface area contributed by atoms with E-state index in [1.807, 2.05) is 66.7 Å². The molecule has 0 saturated carbocycles. The van der Waals surface area contributed by atoms with Crippen molar-refractivity contribution >= 4 is 44.5 Å². The normalized spacial score (nSPS) is 11.2. The third-order valence-corrected chi connectivity index (χ3v) is 5.64. The highest BCUT2D eigenvalue weighted by Crippen LogP contribution is 2.42. The summed E-state index contributed by atoms with van der Waals surface area (Å²) in [6.07, 6.45) is 0. The van der Waals surface area contributed by atoms with Gasteiger partial charge in [0.1, 0.15) is 12.4 Å². The Bertz CT molecular complexity index is 1500. The van der Waals surface area contributed by atoms with E-state index in [2.05, 4.69) is 4.57 Å². The number of carbonyl (C=O) groups excluding carboxylic acids is 2. The van der Waals surface area contributed by atoms with Crippen LogP contribution in [0.2, 0.25) is 0 Å². The standard InChI is InChI=1S/C26H20N2O4/c27-26(31)19-11-6-12-20-23(19)24-21(28(20)14-16-7-2-1-3-8-16)13-17-9-4-5-10-18(17)25(24)32-15-22(29)30/h1-13H,14-15H2,(H2,27,31)(H,29,30)/p-1. The van der Waals surface area contributed by atoms with Crippen molar-refractivity contribution in [2.24, 2.45) is 5.73 Å². The van der Waals surface area contributed by atoms with Crippen molar-refractivity contribution in [2.75, 3.05) is 6.61 Å². The lowest BCUT2D eigenvalue weighted by atomic mass is 10.0. The quantitative estimate of drug-likeness (QED) is 0.453. The van der Waals surface area contributed by atoms with Gasteiger partial charge < -0.3 is 24.9 Å². The van der Waals surface area contributed by atoms with Crippen LogP contribution in [-0.4, -0.2) is 23.1 Å². The first kappa shape index (κ1) is 19.6. The summed E-state index contributed by atoms with van der Waals surface area (Å²) in [7, 11) is 0. The van der Waals surface area contributed by atoms with Crippen molar-refractivity contribution in [3.8, 4) is 5.75 Å². The minimum Gasteiger partial charge on any atom is -0.546 e. The topological polar surface area (TPSA) is 97.4 Å². The Hall–Kier alpha value is -4.32. The Kier molecular flexibility index (Phi) is 4.75. The number of benzene rings is 4. The molecule has 158 valence electrons. The van der Waals surface area contributed by atoms with Gasteiger partial charge in [0.2, 0.25) is 5.91 Å². The van der Waals surface area contributed by atoms with E-state index in [1.54, 1.807) is 12.1 Å². The first-order valence-corrected chi connectivity index (χ1v) is 10.2. The molecule has 1 heterocycles. The summed E-state index contributed by atoms with van der Waals surface area (Å²) in [5.74, 6) is -1.49. The minimum absolute atomic E-state index is 0.355. The van der Waals surface area contributed by atoms with E-state index in [4.69, 9.17) is 10.5 Å². The fourth-order valence-electron chi connectivity index (χ4n) is 4.33. The molecule has 5 aromatic rings. The number of hydrogen-bond acceptors (Lipinski definition) is 4. The van der Waals surface area contributed by atoms with Gasteiger partial charge in [-0.15, -0.1) is 0 Å². The van der Waals surface area contributed by atoms with Crippen molar-refractivity contribution in [1.82, 2.24) is 4.57 Å². The van der Waals surface area contributed by atoms with E-state index in [-0.39, 0.29) is 0 Å². The van der Waals surface area contributed by atoms with Crippen molar-refractivity contribution in [2.45, 2.75) is 6.54 Å². The zero-order valence-corrected chi connectivity index (χ0v) is 17.1. The zero-order chi connectivity index (χ0) is 22.2. The highest BCUT2D eigenvalue weighted by Gasteiger charge is 2.22. The van der Waals surface area contributed by atoms with Gasteiger partial charge in [0.15, 0.2) is 0 Å². The average Bonchev–Trinajstić information content (AvgIpc) is 3.10. The number of carbonyl (C=O) groups is 2. The number of fused-ring (bicyclic) bond motifs is 4. The number of aliphatic carboxylic acids is 1. The summed E-state index contributed by atoms with van der Waals surface area (Å²) >= 11 is 0. The number of amides is 1. The first-order chi connectivity index (χ1) is 15.5. The van der Waals surface area contributed by atoms with Crippen LogP contribution in [0.3, 0.4) is 0 Å². The third kappa shape index (κ3) is 3.22. The molecule has 0 aliphatic heterocycles. The summed E-state index contributed by atoms with van der Waals surface area (Å²) in [6.45, 7) is -0.0471. The van der Waals surface area contributed by atoms with E-state index in [1.165, 1.54) is 0 Å². The lowest BCUT2D eigenvalue weighted by Crippen LogP contribution is -2.29. The summed E-state index contributed by atoms with van der Waals surface area (Å²) in [4.78, 5) is 23.5. The highest BCUT2D eigenvalue weighted by molar-refractivity contribution is 6.23. The minimum atomic E-state index is -1.32. The van der Waals surface area contributed by atoms with Crippen molar-refractivity contribution in [3.05, 3.63) is 90.0 Å². The molecule has 0 unspecified atom stereocenters. The maximum absolute atomic E-state index is 12.3. The van der Waals surface area contributed by atoms with Gasteiger partial charge in [-0.05, 0) is 29.1 Å². The summed E-state index contributed by atoms with van der Waals surface area (Å²) in [5, 5.41) is 14.2. The van der Waals surface area contributed by atoms with Crippen LogP contribution in [-0.2, 0) is 11.3 Å².